The lowest BCUT2D eigenvalue weighted by atomic mass is 10.0. The molecule has 34 heavy (non-hydrogen) atoms. The molecule has 0 spiro atoms. The Hall–Kier alpha value is -3.27. The van der Waals surface area contributed by atoms with Gasteiger partial charge in [0.1, 0.15) is 17.1 Å². The van der Waals surface area contributed by atoms with Crippen LogP contribution in [0.25, 0.3) is 6.08 Å². The zero-order valence-corrected chi connectivity index (χ0v) is 19.7. The number of nitrogens with one attached hydrogen (secondary N) is 1. The third kappa shape index (κ3) is 4.42. The third-order valence-corrected chi connectivity index (χ3v) is 7.97. The van der Waals surface area contributed by atoms with Crippen molar-refractivity contribution in [2.45, 2.75) is 17.5 Å². The van der Waals surface area contributed by atoms with Crippen molar-refractivity contribution in [3.05, 3.63) is 106 Å². The van der Waals surface area contributed by atoms with Gasteiger partial charge in [-0.2, -0.15) is 5.10 Å². The first-order valence-corrected chi connectivity index (χ1v) is 12.6. The molecule has 0 radical (unpaired) electrons. The topological polar surface area (TPSA) is 101 Å². The molecule has 0 bridgehead atoms. The average Bonchev–Trinajstić information content (AvgIpc) is 3.41. The van der Waals surface area contributed by atoms with Gasteiger partial charge >= 0.3 is 5.97 Å². The number of aromatic amines is 1. The maximum absolute atomic E-state index is 13.6. The van der Waals surface area contributed by atoms with E-state index >= 15 is 0 Å². The number of benzene rings is 2. The van der Waals surface area contributed by atoms with Crippen molar-refractivity contribution < 1.29 is 14.3 Å². The van der Waals surface area contributed by atoms with E-state index in [4.69, 9.17) is 10.5 Å². The van der Waals surface area contributed by atoms with Crippen LogP contribution in [0.2, 0.25) is 0 Å². The minimum absolute atomic E-state index is 0.260. The van der Waals surface area contributed by atoms with Crippen molar-refractivity contribution in [2.75, 3.05) is 5.75 Å². The normalized spacial score (nSPS) is 19.9. The van der Waals surface area contributed by atoms with Crippen molar-refractivity contribution >= 4 is 41.5 Å². The number of carbonyl (C=O) groups is 2. The van der Waals surface area contributed by atoms with Crippen LogP contribution in [-0.2, 0) is 14.3 Å². The molecule has 1 aromatic heterocycles. The fourth-order valence-corrected chi connectivity index (χ4v) is 6.16. The van der Waals surface area contributed by atoms with Crippen LogP contribution in [0.5, 0.6) is 0 Å². The molecule has 1 fully saturated rings. The number of thioether (sulfide) groups is 2. The molecule has 2 atom stereocenters. The SMILES string of the molecule is N[C@@H]1C(=O)N2C(C(=O)OC(c3ccccc3)c3ccccc3)=C(S/C=C/c3cn[nH]c3)CS[C@H]12. The second-order valence-corrected chi connectivity index (χ2v) is 9.87. The van der Waals surface area contributed by atoms with Gasteiger partial charge in [-0.3, -0.25) is 14.8 Å². The number of aromatic nitrogens is 2. The van der Waals surface area contributed by atoms with E-state index in [1.54, 1.807) is 24.2 Å². The largest absolute Gasteiger partial charge is 0.448 e. The number of hydrogen-bond acceptors (Lipinski definition) is 7. The van der Waals surface area contributed by atoms with Crippen LogP contribution in [0.3, 0.4) is 0 Å². The Labute approximate surface area is 205 Å². The van der Waals surface area contributed by atoms with Gasteiger partial charge in [-0.1, -0.05) is 72.4 Å². The molecule has 3 aromatic rings. The monoisotopic (exact) mass is 490 g/mol. The molecule has 2 aliphatic heterocycles. The molecule has 1 amide bonds. The van der Waals surface area contributed by atoms with E-state index in [9.17, 15) is 9.59 Å². The van der Waals surface area contributed by atoms with E-state index < -0.39 is 18.1 Å². The summed E-state index contributed by atoms with van der Waals surface area (Å²) in [5.41, 5.74) is 8.90. The second-order valence-electron chi connectivity index (χ2n) is 7.77. The van der Waals surface area contributed by atoms with E-state index in [0.717, 1.165) is 21.6 Å². The number of H-pyrrole nitrogens is 1. The zero-order valence-electron chi connectivity index (χ0n) is 18.0. The summed E-state index contributed by atoms with van der Waals surface area (Å²) in [6, 6.07) is 18.5. The second kappa shape index (κ2) is 9.92. The van der Waals surface area contributed by atoms with Crippen molar-refractivity contribution in [3.63, 3.8) is 0 Å². The molecule has 0 saturated carbocycles. The molecule has 5 rings (SSSR count). The maximum Gasteiger partial charge on any atom is 0.356 e. The first kappa shape index (κ1) is 22.5. The minimum Gasteiger partial charge on any atom is -0.448 e. The number of β-lactam (4-membered cyclic amide) rings is 1. The third-order valence-electron chi connectivity index (χ3n) is 5.59. The quantitative estimate of drug-likeness (QED) is 0.383. The van der Waals surface area contributed by atoms with Crippen LogP contribution in [0.4, 0.5) is 0 Å². The average molecular weight is 491 g/mol. The first-order valence-electron chi connectivity index (χ1n) is 10.7. The van der Waals surface area contributed by atoms with Gasteiger partial charge in [0, 0.05) is 22.4 Å². The molecule has 3 heterocycles. The predicted molar refractivity (Wildman–Crippen MR) is 134 cm³/mol. The number of carbonyl (C=O) groups excluding carboxylic acids is 2. The van der Waals surface area contributed by atoms with Gasteiger partial charge in [-0.15, -0.1) is 11.8 Å². The zero-order chi connectivity index (χ0) is 23.5. The van der Waals surface area contributed by atoms with E-state index in [1.807, 2.05) is 72.1 Å². The highest BCUT2D eigenvalue weighted by molar-refractivity contribution is 8.08. The van der Waals surface area contributed by atoms with Crippen LogP contribution in [0, 0.1) is 0 Å². The number of nitrogens with two attached hydrogens (primary N) is 1. The summed E-state index contributed by atoms with van der Waals surface area (Å²) in [7, 11) is 0. The van der Waals surface area contributed by atoms with E-state index in [2.05, 4.69) is 10.2 Å². The number of hydrogen-bond donors (Lipinski definition) is 2. The van der Waals surface area contributed by atoms with Crippen LogP contribution in [-0.4, -0.2) is 44.1 Å². The van der Waals surface area contributed by atoms with Gasteiger partial charge < -0.3 is 10.5 Å². The summed E-state index contributed by atoms with van der Waals surface area (Å²) in [6.07, 6.45) is 4.76. The summed E-state index contributed by atoms with van der Waals surface area (Å²) in [6.45, 7) is 0. The number of ether oxygens (including phenoxy) is 1. The number of nitrogens with zero attached hydrogens (tertiary/aromatic N) is 2. The smallest absolute Gasteiger partial charge is 0.356 e. The lowest BCUT2D eigenvalue weighted by Crippen LogP contribution is -2.68. The highest BCUT2D eigenvalue weighted by atomic mass is 32.2. The summed E-state index contributed by atoms with van der Waals surface area (Å²) in [5.74, 6) is -0.242. The molecule has 3 N–H and O–H groups in total. The van der Waals surface area contributed by atoms with Crippen molar-refractivity contribution in [1.82, 2.24) is 15.1 Å². The summed E-state index contributed by atoms with van der Waals surface area (Å²) >= 11 is 2.95. The molecule has 2 aliphatic rings. The highest BCUT2D eigenvalue weighted by Gasteiger charge is 2.52. The summed E-state index contributed by atoms with van der Waals surface area (Å²) < 4.78 is 6.09. The first-order chi connectivity index (χ1) is 16.6. The Morgan fingerprint density at radius 1 is 1.18 bits per heavy atom. The van der Waals surface area contributed by atoms with Gasteiger partial charge in [-0.05, 0) is 22.6 Å². The summed E-state index contributed by atoms with van der Waals surface area (Å²) in [5, 5.41) is 8.31. The molecule has 2 aromatic carbocycles. The summed E-state index contributed by atoms with van der Waals surface area (Å²) in [4.78, 5) is 28.5. The Balaban J connectivity index is 1.47. The molecule has 9 heteroatoms. The Bertz CT molecular complexity index is 1190. The van der Waals surface area contributed by atoms with Gasteiger partial charge in [0.05, 0.1) is 6.20 Å². The van der Waals surface area contributed by atoms with E-state index in [-0.39, 0.29) is 17.0 Å². The molecule has 172 valence electrons. The highest BCUT2D eigenvalue weighted by Crippen LogP contribution is 2.44. The van der Waals surface area contributed by atoms with Crippen LogP contribution >= 0.6 is 23.5 Å². The van der Waals surface area contributed by atoms with Crippen molar-refractivity contribution in [1.29, 1.82) is 0 Å². The molecular weight excluding hydrogens is 468 g/mol. The van der Waals surface area contributed by atoms with Crippen LogP contribution in [0.1, 0.15) is 22.8 Å². The van der Waals surface area contributed by atoms with Gasteiger partial charge in [0.2, 0.25) is 5.91 Å². The van der Waals surface area contributed by atoms with E-state index in [0.29, 0.717) is 5.75 Å². The molecule has 7 nitrogen and oxygen atoms in total. The fourth-order valence-electron chi connectivity index (χ4n) is 3.86. The molecule has 0 aliphatic carbocycles. The molecule has 1 saturated heterocycles. The molecule has 0 unspecified atom stereocenters. The number of rotatable bonds is 7. The Kier molecular flexibility index (Phi) is 6.57. The Morgan fingerprint density at radius 2 is 1.85 bits per heavy atom. The standard InChI is InChI=1S/C25H22N4O3S2/c26-20-23(30)29-21(19(15-34-24(20)29)33-12-11-16-13-27-28-14-16)25(31)32-22(17-7-3-1-4-8-17)18-9-5-2-6-10-18/h1-14,20,22,24H,15,26H2,(H,27,28)/b12-11+/t20-,24-/m1/s1. The lowest BCUT2D eigenvalue weighted by molar-refractivity contribution is -0.152. The van der Waals surface area contributed by atoms with Crippen LogP contribution < -0.4 is 5.73 Å². The number of fused-ring (bicyclic) bond motifs is 1. The van der Waals surface area contributed by atoms with Crippen molar-refractivity contribution in [3.8, 4) is 0 Å². The van der Waals surface area contributed by atoms with Crippen molar-refractivity contribution in [2.24, 2.45) is 5.73 Å². The number of amides is 1. The maximum atomic E-state index is 13.6. The van der Waals surface area contributed by atoms with Crippen LogP contribution in [0.15, 0.2) is 89.1 Å². The predicted octanol–water partition coefficient (Wildman–Crippen LogP) is 3.90. The Morgan fingerprint density at radius 3 is 2.47 bits per heavy atom. The van der Waals surface area contributed by atoms with Gasteiger partial charge in [0.25, 0.3) is 0 Å². The lowest BCUT2D eigenvalue weighted by Gasteiger charge is -2.48. The fraction of sp³-hybridized carbons (Fsp3) is 0.160. The minimum atomic E-state index is -0.611. The molecular formula is C25H22N4O3S2. The van der Waals surface area contributed by atoms with E-state index in [1.165, 1.54) is 16.7 Å². The van der Waals surface area contributed by atoms with Gasteiger partial charge in [0.15, 0.2) is 6.10 Å². The number of esters is 1. The van der Waals surface area contributed by atoms with Gasteiger partial charge in [-0.25, -0.2) is 4.79 Å².